The second kappa shape index (κ2) is 2.83. The smallest absolute Gasteiger partial charge is 0.0899 e. The molecular weight excluding hydrogens is 188 g/mol. The molecule has 1 aromatic rings. The molecule has 15 heavy (non-hydrogen) atoms. The number of benzene rings is 1. The first-order valence-electron chi connectivity index (χ1n) is 5.64. The van der Waals surface area contributed by atoms with Gasteiger partial charge >= 0.3 is 0 Å². The summed E-state index contributed by atoms with van der Waals surface area (Å²) in [4.78, 5) is 0. The fraction of sp³-hybridized carbons (Fsp3) is 0.538. The van der Waals surface area contributed by atoms with Gasteiger partial charge in [0.15, 0.2) is 0 Å². The lowest BCUT2D eigenvalue weighted by Crippen LogP contribution is -2.12. The summed E-state index contributed by atoms with van der Waals surface area (Å²) < 4.78 is 0. The largest absolute Gasteiger partial charge is 0.390 e. The first kappa shape index (κ1) is 9.37. The topological polar surface area (TPSA) is 40.5 Å². The minimum Gasteiger partial charge on any atom is -0.390 e. The van der Waals surface area contributed by atoms with Gasteiger partial charge in [0.1, 0.15) is 0 Å². The lowest BCUT2D eigenvalue weighted by molar-refractivity contribution is 0.147. The summed E-state index contributed by atoms with van der Waals surface area (Å²) in [7, 11) is 0. The van der Waals surface area contributed by atoms with Crippen molar-refractivity contribution in [3.63, 3.8) is 0 Å². The summed E-state index contributed by atoms with van der Waals surface area (Å²) in [6, 6.07) is 8.04. The average molecular weight is 204 g/mol. The van der Waals surface area contributed by atoms with Crippen LogP contribution in [0, 0.1) is 0 Å². The minimum atomic E-state index is -0.553. The van der Waals surface area contributed by atoms with E-state index in [1.165, 1.54) is 0 Å². The molecule has 0 amide bonds. The van der Waals surface area contributed by atoms with Crippen LogP contribution in [-0.4, -0.2) is 15.8 Å². The quantitative estimate of drug-likeness (QED) is 0.787. The lowest BCUT2D eigenvalue weighted by atomic mass is 10.0. The van der Waals surface area contributed by atoms with Crippen LogP contribution >= 0.6 is 0 Å². The Morgan fingerprint density at radius 2 is 1.80 bits per heavy atom. The van der Waals surface area contributed by atoms with Crippen molar-refractivity contribution in [2.45, 2.75) is 43.3 Å². The lowest BCUT2D eigenvalue weighted by Gasteiger charge is -2.12. The summed E-state index contributed by atoms with van der Waals surface area (Å²) >= 11 is 0. The molecule has 0 aromatic heterocycles. The van der Waals surface area contributed by atoms with E-state index in [0.717, 1.165) is 43.2 Å². The van der Waals surface area contributed by atoms with Gasteiger partial charge in [-0.15, -0.1) is 0 Å². The monoisotopic (exact) mass is 204 g/mol. The highest BCUT2D eigenvalue weighted by Gasteiger charge is 2.43. The highest BCUT2D eigenvalue weighted by Crippen LogP contribution is 2.46. The average Bonchev–Trinajstić information content (AvgIpc) is 3.09. The van der Waals surface area contributed by atoms with E-state index in [9.17, 15) is 10.2 Å². The highest BCUT2D eigenvalue weighted by atomic mass is 16.3. The molecule has 0 aliphatic heterocycles. The Morgan fingerprint density at radius 1 is 1.07 bits per heavy atom. The SMILES string of the molecule is OC1(Cc2cccc(C3(O)CC3)c2)CC1. The molecule has 3 rings (SSSR count). The normalized spacial score (nSPS) is 24.9. The first-order chi connectivity index (χ1) is 7.10. The Hall–Kier alpha value is -0.860. The molecule has 0 spiro atoms. The van der Waals surface area contributed by atoms with Crippen molar-refractivity contribution in [1.29, 1.82) is 0 Å². The maximum absolute atomic E-state index is 9.98. The molecule has 0 saturated heterocycles. The number of hydrogen-bond donors (Lipinski definition) is 2. The Morgan fingerprint density at radius 3 is 2.40 bits per heavy atom. The predicted molar refractivity (Wildman–Crippen MR) is 57.5 cm³/mol. The second-order valence-corrected chi connectivity index (χ2v) is 5.13. The van der Waals surface area contributed by atoms with Crippen LogP contribution < -0.4 is 0 Å². The van der Waals surface area contributed by atoms with Crippen molar-refractivity contribution in [2.24, 2.45) is 0 Å². The summed E-state index contributed by atoms with van der Waals surface area (Å²) in [6.45, 7) is 0. The Labute approximate surface area is 89.6 Å². The summed E-state index contributed by atoms with van der Waals surface area (Å²) in [5.74, 6) is 0. The van der Waals surface area contributed by atoms with Crippen molar-refractivity contribution in [3.8, 4) is 0 Å². The van der Waals surface area contributed by atoms with Crippen molar-refractivity contribution < 1.29 is 10.2 Å². The maximum Gasteiger partial charge on any atom is 0.0899 e. The molecular formula is C13H16O2. The molecule has 2 saturated carbocycles. The molecule has 0 heterocycles. The van der Waals surface area contributed by atoms with Gasteiger partial charge in [0.05, 0.1) is 11.2 Å². The van der Waals surface area contributed by atoms with Crippen molar-refractivity contribution in [2.75, 3.05) is 0 Å². The molecule has 2 aliphatic carbocycles. The standard InChI is InChI=1S/C13H16O2/c14-12(4-5-12)9-10-2-1-3-11(8-10)13(15)6-7-13/h1-3,8,14-15H,4-7,9H2. The van der Waals surface area contributed by atoms with Gasteiger partial charge in [-0.05, 0) is 36.8 Å². The van der Waals surface area contributed by atoms with Gasteiger partial charge < -0.3 is 10.2 Å². The van der Waals surface area contributed by atoms with E-state index in [1.54, 1.807) is 0 Å². The zero-order valence-electron chi connectivity index (χ0n) is 8.74. The van der Waals surface area contributed by atoms with E-state index < -0.39 is 11.2 Å². The summed E-state index contributed by atoms with van der Waals surface area (Å²) in [5, 5.41) is 19.8. The molecule has 2 heteroatoms. The fourth-order valence-corrected chi connectivity index (χ4v) is 2.08. The van der Waals surface area contributed by atoms with Crippen molar-refractivity contribution in [3.05, 3.63) is 35.4 Å². The molecule has 0 atom stereocenters. The van der Waals surface area contributed by atoms with Crippen molar-refractivity contribution >= 4 is 0 Å². The van der Waals surface area contributed by atoms with Crippen LogP contribution in [0.4, 0.5) is 0 Å². The van der Waals surface area contributed by atoms with Gasteiger partial charge in [0.25, 0.3) is 0 Å². The van der Waals surface area contributed by atoms with E-state index in [-0.39, 0.29) is 0 Å². The van der Waals surface area contributed by atoms with Crippen LogP contribution in [-0.2, 0) is 12.0 Å². The van der Waals surface area contributed by atoms with E-state index in [0.29, 0.717) is 0 Å². The van der Waals surface area contributed by atoms with E-state index in [2.05, 4.69) is 0 Å². The Balaban J connectivity index is 1.83. The molecule has 2 fully saturated rings. The molecule has 2 aliphatic rings. The highest BCUT2D eigenvalue weighted by molar-refractivity contribution is 5.32. The van der Waals surface area contributed by atoms with Crippen LogP contribution in [0.15, 0.2) is 24.3 Å². The molecule has 2 nitrogen and oxygen atoms in total. The van der Waals surface area contributed by atoms with E-state index in [1.807, 2.05) is 24.3 Å². The van der Waals surface area contributed by atoms with Gasteiger partial charge in [-0.2, -0.15) is 0 Å². The van der Waals surface area contributed by atoms with Crippen LogP contribution in [0.3, 0.4) is 0 Å². The molecule has 0 unspecified atom stereocenters. The summed E-state index contributed by atoms with van der Waals surface area (Å²) in [5.41, 5.74) is 1.17. The van der Waals surface area contributed by atoms with Crippen LogP contribution in [0.1, 0.15) is 36.8 Å². The van der Waals surface area contributed by atoms with Gasteiger partial charge in [0.2, 0.25) is 0 Å². The maximum atomic E-state index is 9.98. The fourth-order valence-electron chi connectivity index (χ4n) is 2.08. The van der Waals surface area contributed by atoms with Gasteiger partial charge in [-0.3, -0.25) is 0 Å². The predicted octanol–water partition coefficient (Wildman–Crippen LogP) is 1.74. The second-order valence-electron chi connectivity index (χ2n) is 5.13. The van der Waals surface area contributed by atoms with Crippen LogP contribution in [0.25, 0.3) is 0 Å². The third kappa shape index (κ3) is 1.80. The minimum absolute atomic E-state index is 0.440. The third-order valence-corrected chi connectivity index (χ3v) is 3.55. The van der Waals surface area contributed by atoms with E-state index in [4.69, 9.17) is 0 Å². The van der Waals surface area contributed by atoms with Gasteiger partial charge in [-0.1, -0.05) is 24.3 Å². The summed E-state index contributed by atoms with van der Waals surface area (Å²) in [6.07, 6.45) is 4.32. The number of rotatable bonds is 3. The molecule has 0 radical (unpaired) electrons. The third-order valence-electron chi connectivity index (χ3n) is 3.55. The van der Waals surface area contributed by atoms with E-state index >= 15 is 0 Å². The molecule has 2 N–H and O–H groups in total. The Kier molecular flexibility index (Phi) is 1.77. The Bertz CT molecular complexity index is 389. The molecule has 1 aromatic carbocycles. The van der Waals surface area contributed by atoms with Crippen LogP contribution in [0.5, 0.6) is 0 Å². The number of aliphatic hydroxyl groups is 2. The van der Waals surface area contributed by atoms with Crippen molar-refractivity contribution in [1.82, 2.24) is 0 Å². The zero-order valence-corrected chi connectivity index (χ0v) is 8.74. The van der Waals surface area contributed by atoms with Gasteiger partial charge in [0, 0.05) is 6.42 Å². The van der Waals surface area contributed by atoms with Gasteiger partial charge in [-0.25, -0.2) is 0 Å². The van der Waals surface area contributed by atoms with Crippen LogP contribution in [0.2, 0.25) is 0 Å². The number of hydrogen-bond acceptors (Lipinski definition) is 2. The molecule has 0 bridgehead atoms. The zero-order chi connectivity index (χ0) is 10.5. The first-order valence-corrected chi connectivity index (χ1v) is 5.64. The molecule has 80 valence electrons.